The summed E-state index contributed by atoms with van der Waals surface area (Å²) in [6, 6.07) is 10.7. The lowest BCUT2D eigenvalue weighted by Crippen LogP contribution is -2.55. The van der Waals surface area contributed by atoms with Crippen LogP contribution in [0, 0.1) is 5.41 Å². The fourth-order valence-electron chi connectivity index (χ4n) is 5.01. The first kappa shape index (κ1) is 18.3. The summed E-state index contributed by atoms with van der Waals surface area (Å²) in [5.74, 6) is 0.341. The fraction of sp³-hybridized carbons (Fsp3) is 0.545. The SMILES string of the molecule is O=C(Cn1cncn1)N1CCC2(CC1)CC(c1ccccc1)C(=O)N(C1CC1)C2. The standard InChI is InChI=1S/C22H27N5O2/c28-20(13-26-16-23-15-24-26)25-10-8-22(9-11-25)12-19(17-4-2-1-3-5-17)21(29)27(14-22)18-6-7-18/h1-5,15-16,18-19H,6-14H2. The van der Waals surface area contributed by atoms with Crippen LogP contribution in [0.1, 0.15) is 43.6 Å². The maximum absolute atomic E-state index is 13.2. The highest BCUT2D eigenvalue weighted by Gasteiger charge is 2.49. The molecule has 1 aromatic carbocycles. The van der Waals surface area contributed by atoms with Crippen molar-refractivity contribution in [1.29, 1.82) is 0 Å². The van der Waals surface area contributed by atoms with Crippen molar-refractivity contribution in [1.82, 2.24) is 24.6 Å². The molecule has 7 nitrogen and oxygen atoms in total. The van der Waals surface area contributed by atoms with E-state index in [1.165, 1.54) is 6.33 Å². The summed E-state index contributed by atoms with van der Waals surface area (Å²) in [6.45, 7) is 2.60. The highest BCUT2D eigenvalue weighted by atomic mass is 16.2. The molecule has 29 heavy (non-hydrogen) atoms. The summed E-state index contributed by atoms with van der Waals surface area (Å²) in [4.78, 5) is 33.9. The lowest BCUT2D eigenvalue weighted by atomic mass is 9.67. The van der Waals surface area contributed by atoms with Crippen LogP contribution in [-0.4, -0.2) is 62.1 Å². The van der Waals surface area contributed by atoms with Crippen LogP contribution >= 0.6 is 0 Å². The van der Waals surface area contributed by atoms with Crippen LogP contribution in [0.2, 0.25) is 0 Å². The first-order valence-electron chi connectivity index (χ1n) is 10.6. The van der Waals surface area contributed by atoms with Gasteiger partial charge < -0.3 is 9.80 Å². The number of likely N-dealkylation sites (tertiary alicyclic amines) is 2. The molecule has 0 bridgehead atoms. The van der Waals surface area contributed by atoms with Gasteiger partial charge in [-0.2, -0.15) is 5.10 Å². The largest absolute Gasteiger partial charge is 0.341 e. The fourth-order valence-corrected chi connectivity index (χ4v) is 5.01. The van der Waals surface area contributed by atoms with Crippen LogP contribution in [-0.2, 0) is 16.1 Å². The molecule has 2 aliphatic heterocycles. The van der Waals surface area contributed by atoms with E-state index in [-0.39, 0.29) is 23.8 Å². The Morgan fingerprint density at radius 1 is 1.14 bits per heavy atom. The van der Waals surface area contributed by atoms with Crippen molar-refractivity contribution in [3.63, 3.8) is 0 Å². The predicted molar refractivity (Wildman–Crippen MR) is 107 cm³/mol. The third kappa shape index (κ3) is 3.66. The minimum atomic E-state index is -0.0528. The Kier molecular flexibility index (Phi) is 4.60. The van der Waals surface area contributed by atoms with Crippen LogP contribution in [0.25, 0.3) is 0 Å². The Bertz CT molecular complexity index is 870. The quantitative estimate of drug-likeness (QED) is 0.797. The van der Waals surface area contributed by atoms with Gasteiger partial charge in [0.05, 0.1) is 5.92 Å². The van der Waals surface area contributed by atoms with Gasteiger partial charge in [0.15, 0.2) is 0 Å². The van der Waals surface area contributed by atoms with Crippen molar-refractivity contribution < 1.29 is 9.59 Å². The number of carbonyl (C=O) groups excluding carboxylic acids is 2. The molecule has 0 radical (unpaired) electrons. The third-order valence-corrected chi connectivity index (χ3v) is 6.85. The van der Waals surface area contributed by atoms with E-state index in [0.29, 0.717) is 11.9 Å². The normalized spacial score (nSPS) is 24.1. The maximum atomic E-state index is 13.2. The molecule has 2 saturated heterocycles. The second-order valence-electron chi connectivity index (χ2n) is 8.84. The molecule has 1 aromatic heterocycles. The molecule has 1 unspecified atom stereocenters. The number of amides is 2. The molecule has 5 rings (SSSR count). The molecule has 3 heterocycles. The average molecular weight is 393 g/mol. The molecule has 7 heteroatoms. The third-order valence-electron chi connectivity index (χ3n) is 6.85. The average Bonchev–Trinajstić information content (AvgIpc) is 3.47. The summed E-state index contributed by atoms with van der Waals surface area (Å²) in [5, 5.41) is 4.04. The van der Waals surface area contributed by atoms with E-state index < -0.39 is 0 Å². The van der Waals surface area contributed by atoms with Crippen molar-refractivity contribution in [3.05, 3.63) is 48.5 Å². The first-order valence-corrected chi connectivity index (χ1v) is 10.6. The van der Waals surface area contributed by atoms with Gasteiger partial charge in [0.2, 0.25) is 11.8 Å². The maximum Gasteiger partial charge on any atom is 0.244 e. The van der Waals surface area contributed by atoms with Crippen molar-refractivity contribution in [2.24, 2.45) is 5.41 Å². The van der Waals surface area contributed by atoms with Crippen LogP contribution < -0.4 is 0 Å². The van der Waals surface area contributed by atoms with Crippen LogP contribution in [0.4, 0.5) is 0 Å². The van der Waals surface area contributed by atoms with Crippen LogP contribution in [0.5, 0.6) is 0 Å². The van der Waals surface area contributed by atoms with Crippen LogP contribution in [0.15, 0.2) is 43.0 Å². The monoisotopic (exact) mass is 393 g/mol. The minimum Gasteiger partial charge on any atom is -0.341 e. The number of piperidine rings is 2. The molecule has 3 fully saturated rings. The second-order valence-corrected chi connectivity index (χ2v) is 8.84. The van der Waals surface area contributed by atoms with E-state index in [2.05, 4.69) is 27.1 Å². The van der Waals surface area contributed by atoms with Gasteiger partial charge in [-0.05, 0) is 43.1 Å². The zero-order chi connectivity index (χ0) is 19.8. The Morgan fingerprint density at radius 2 is 1.90 bits per heavy atom. The van der Waals surface area contributed by atoms with E-state index in [4.69, 9.17) is 0 Å². The van der Waals surface area contributed by atoms with Crippen molar-refractivity contribution >= 4 is 11.8 Å². The molecule has 1 aliphatic carbocycles. The zero-order valence-electron chi connectivity index (χ0n) is 16.6. The lowest BCUT2D eigenvalue weighted by Gasteiger charge is -2.50. The summed E-state index contributed by atoms with van der Waals surface area (Å²) in [7, 11) is 0. The van der Waals surface area contributed by atoms with E-state index in [0.717, 1.165) is 57.3 Å². The van der Waals surface area contributed by atoms with E-state index in [1.54, 1.807) is 11.0 Å². The summed E-state index contributed by atoms with van der Waals surface area (Å²) in [6.07, 6.45) is 8.09. The predicted octanol–water partition coefficient (Wildman–Crippen LogP) is 2.07. The highest BCUT2D eigenvalue weighted by Crippen LogP contribution is 2.48. The van der Waals surface area contributed by atoms with E-state index in [1.807, 2.05) is 23.1 Å². The first-order chi connectivity index (χ1) is 14.1. The van der Waals surface area contributed by atoms with Gasteiger partial charge in [0.25, 0.3) is 0 Å². The van der Waals surface area contributed by atoms with Gasteiger partial charge in [0.1, 0.15) is 19.2 Å². The number of carbonyl (C=O) groups is 2. The summed E-state index contributed by atoms with van der Waals surface area (Å²) >= 11 is 0. The summed E-state index contributed by atoms with van der Waals surface area (Å²) < 4.78 is 1.58. The van der Waals surface area contributed by atoms with E-state index >= 15 is 0 Å². The number of hydrogen-bond acceptors (Lipinski definition) is 4. The van der Waals surface area contributed by atoms with Gasteiger partial charge in [-0.15, -0.1) is 0 Å². The van der Waals surface area contributed by atoms with Gasteiger partial charge in [-0.1, -0.05) is 30.3 Å². The number of benzene rings is 1. The topological polar surface area (TPSA) is 71.3 Å². The Balaban J connectivity index is 1.31. The molecular weight excluding hydrogens is 366 g/mol. The van der Waals surface area contributed by atoms with Gasteiger partial charge in [-0.3, -0.25) is 9.59 Å². The highest BCUT2D eigenvalue weighted by molar-refractivity contribution is 5.85. The number of nitrogens with zero attached hydrogens (tertiary/aromatic N) is 5. The number of hydrogen-bond donors (Lipinski definition) is 0. The number of aromatic nitrogens is 3. The molecule has 2 amide bonds. The van der Waals surface area contributed by atoms with Gasteiger partial charge in [-0.25, -0.2) is 9.67 Å². The van der Waals surface area contributed by atoms with Crippen LogP contribution in [0.3, 0.4) is 0 Å². The molecule has 1 atom stereocenters. The molecule has 1 saturated carbocycles. The molecule has 3 aliphatic rings. The molecular formula is C22H27N5O2. The smallest absolute Gasteiger partial charge is 0.244 e. The van der Waals surface area contributed by atoms with Gasteiger partial charge >= 0.3 is 0 Å². The molecule has 152 valence electrons. The lowest BCUT2D eigenvalue weighted by molar-refractivity contribution is -0.145. The van der Waals surface area contributed by atoms with E-state index in [9.17, 15) is 9.59 Å². The zero-order valence-corrected chi connectivity index (χ0v) is 16.6. The molecule has 2 aromatic rings. The number of rotatable bonds is 4. The Morgan fingerprint density at radius 3 is 2.55 bits per heavy atom. The Labute approximate surface area is 170 Å². The second kappa shape index (κ2) is 7.28. The molecule has 0 N–H and O–H groups in total. The molecule has 1 spiro atoms. The van der Waals surface area contributed by atoms with Crippen molar-refractivity contribution in [2.45, 2.75) is 50.6 Å². The van der Waals surface area contributed by atoms with Crippen molar-refractivity contribution in [3.8, 4) is 0 Å². The summed E-state index contributed by atoms with van der Waals surface area (Å²) in [5.41, 5.74) is 1.24. The van der Waals surface area contributed by atoms with Crippen molar-refractivity contribution in [2.75, 3.05) is 19.6 Å². The van der Waals surface area contributed by atoms with Gasteiger partial charge in [0, 0.05) is 25.7 Å². The Hall–Kier alpha value is -2.70. The minimum absolute atomic E-state index is 0.0528.